The second-order valence-electron chi connectivity index (χ2n) is 6.06. The number of imidazole rings is 1. The fourth-order valence-corrected chi connectivity index (χ4v) is 3.25. The Kier molecular flexibility index (Phi) is 3.54. The zero-order valence-corrected chi connectivity index (χ0v) is 12.8. The molecule has 2 atom stereocenters. The van der Waals surface area contributed by atoms with Crippen molar-refractivity contribution in [1.29, 1.82) is 0 Å². The van der Waals surface area contributed by atoms with Gasteiger partial charge < -0.3 is 14.4 Å². The molecule has 0 aliphatic carbocycles. The summed E-state index contributed by atoms with van der Waals surface area (Å²) in [4.78, 5) is 18.6. The van der Waals surface area contributed by atoms with Crippen molar-refractivity contribution >= 4 is 11.4 Å². The number of aromatic nitrogens is 2. The maximum Gasteiger partial charge on any atom is 0.255 e. The van der Waals surface area contributed by atoms with E-state index in [-0.39, 0.29) is 24.3 Å². The Hall–Kier alpha value is -2.73. The predicted molar refractivity (Wildman–Crippen MR) is 86.0 cm³/mol. The second kappa shape index (κ2) is 5.72. The maximum absolute atomic E-state index is 13.2. The van der Waals surface area contributed by atoms with Gasteiger partial charge in [-0.1, -0.05) is 12.1 Å². The van der Waals surface area contributed by atoms with Gasteiger partial charge in [-0.3, -0.25) is 4.79 Å². The van der Waals surface area contributed by atoms with Crippen LogP contribution >= 0.6 is 0 Å². The summed E-state index contributed by atoms with van der Waals surface area (Å²) in [5.74, 6) is -0.475. The number of nitrogens with zero attached hydrogens (tertiary/aromatic N) is 3. The minimum absolute atomic E-state index is 0.156. The average Bonchev–Trinajstić information content (AvgIpc) is 3.20. The molecule has 0 saturated carbocycles. The Morgan fingerprint density at radius 2 is 2.00 bits per heavy atom. The molecule has 3 aromatic rings. The number of carbonyl (C=O) groups excluding carboxylic acids is 1. The first-order valence-corrected chi connectivity index (χ1v) is 7.78. The molecular weight excluding hydrogens is 309 g/mol. The minimum atomic E-state index is -0.582. The highest BCUT2D eigenvalue weighted by Gasteiger charge is 2.35. The molecule has 0 radical (unpaired) electrons. The van der Waals surface area contributed by atoms with Crippen molar-refractivity contribution in [2.45, 2.75) is 18.6 Å². The fourth-order valence-electron chi connectivity index (χ4n) is 3.25. The molecule has 2 aromatic heterocycles. The van der Waals surface area contributed by atoms with E-state index in [9.17, 15) is 14.3 Å². The first-order chi connectivity index (χ1) is 11.6. The topological polar surface area (TPSA) is 57.8 Å². The molecule has 1 saturated heterocycles. The van der Waals surface area contributed by atoms with Gasteiger partial charge in [0.15, 0.2) is 0 Å². The third-order valence-corrected chi connectivity index (χ3v) is 4.45. The van der Waals surface area contributed by atoms with Crippen LogP contribution in [0.15, 0.2) is 55.1 Å². The quantitative estimate of drug-likeness (QED) is 0.787. The lowest BCUT2D eigenvalue weighted by atomic mass is 10.0. The summed E-state index contributed by atoms with van der Waals surface area (Å²) in [6.45, 7) is 0.267. The van der Waals surface area contributed by atoms with E-state index >= 15 is 0 Å². The van der Waals surface area contributed by atoms with E-state index < -0.39 is 6.10 Å². The summed E-state index contributed by atoms with van der Waals surface area (Å²) in [5.41, 5.74) is 2.26. The lowest BCUT2D eigenvalue weighted by Crippen LogP contribution is -2.32. The van der Waals surface area contributed by atoms with Crippen molar-refractivity contribution in [2.24, 2.45) is 0 Å². The van der Waals surface area contributed by atoms with Crippen molar-refractivity contribution in [3.8, 4) is 0 Å². The van der Waals surface area contributed by atoms with Crippen molar-refractivity contribution in [3.63, 3.8) is 0 Å². The highest BCUT2D eigenvalue weighted by molar-refractivity contribution is 5.94. The Bertz CT molecular complexity index is 891. The van der Waals surface area contributed by atoms with Crippen LogP contribution in [-0.4, -0.2) is 37.9 Å². The van der Waals surface area contributed by atoms with E-state index in [1.165, 1.54) is 12.1 Å². The summed E-state index contributed by atoms with van der Waals surface area (Å²) < 4.78 is 14.9. The number of benzene rings is 1. The van der Waals surface area contributed by atoms with Crippen LogP contribution in [0, 0.1) is 5.82 Å². The Morgan fingerprint density at radius 1 is 1.21 bits per heavy atom. The smallest absolute Gasteiger partial charge is 0.255 e. The minimum Gasteiger partial charge on any atom is -0.391 e. The SMILES string of the molecule is O=C(c1ccc2cncn2c1)N1C[C@H](O)C[C@@H]1c1ccc(F)cc1. The first kappa shape index (κ1) is 14.8. The standard InChI is InChI=1S/C18H16FN3O2/c19-14-4-1-12(2-5-14)17-7-16(23)10-22(17)18(24)13-3-6-15-8-20-11-21(15)9-13/h1-6,8-9,11,16-17,23H,7,10H2/t16-,17-/m1/s1. The molecular formula is C18H16FN3O2. The Morgan fingerprint density at radius 3 is 2.79 bits per heavy atom. The largest absolute Gasteiger partial charge is 0.391 e. The number of amides is 1. The van der Waals surface area contributed by atoms with Crippen molar-refractivity contribution in [2.75, 3.05) is 6.54 Å². The molecule has 1 aromatic carbocycles. The zero-order valence-electron chi connectivity index (χ0n) is 12.8. The lowest BCUT2D eigenvalue weighted by Gasteiger charge is -2.25. The van der Waals surface area contributed by atoms with Crippen molar-refractivity contribution in [1.82, 2.24) is 14.3 Å². The summed E-state index contributed by atoms with van der Waals surface area (Å²) in [6, 6.07) is 9.41. The molecule has 3 heterocycles. The number of carbonyl (C=O) groups is 1. The van der Waals surface area contributed by atoms with Gasteiger partial charge in [0.1, 0.15) is 5.82 Å². The number of aliphatic hydroxyl groups is 1. The number of fused-ring (bicyclic) bond motifs is 1. The van der Waals surface area contributed by atoms with Crippen LogP contribution in [0.2, 0.25) is 0 Å². The van der Waals surface area contributed by atoms with Gasteiger partial charge in [0, 0.05) is 12.7 Å². The monoisotopic (exact) mass is 325 g/mol. The maximum atomic E-state index is 13.2. The molecule has 1 amide bonds. The molecule has 24 heavy (non-hydrogen) atoms. The first-order valence-electron chi connectivity index (χ1n) is 7.78. The lowest BCUT2D eigenvalue weighted by molar-refractivity contribution is 0.0715. The molecule has 5 nitrogen and oxygen atoms in total. The number of aliphatic hydroxyl groups excluding tert-OH is 1. The van der Waals surface area contributed by atoms with E-state index in [0.29, 0.717) is 12.0 Å². The number of likely N-dealkylation sites (tertiary alicyclic amines) is 1. The van der Waals surface area contributed by atoms with Crippen LogP contribution < -0.4 is 0 Å². The van der Waals surface area contributed by atoms with Crippen LogP contribution in [-0.2, 0) is 0 Å². The summed E-state index contributed by atoms with van der Waals surface area (Å²) >= 11 is 0. The predicted octanol–water partition coefficient (Wildman–Crippen LogP) is 2.42. The molecule has 1 N–H and O–H groups in total. The van der Waals surface area contributed by atoms with Crippen LogP contribution in [0.25, 0.3) is 5.52 Å². The summed E-state index contributed by atoms with van der Waals surface area (Å²) in [7, 11) is 0. The third kappa shape index (κ3) is 2.55. The number of hydrogen-bond acceptors (Lipinski definition) is 3. The molecule has 6 heteroatoms. The molecule has 1 aliphatic rings. The molecule has 1 aliphatic heterocycles. The highest BCUT2D eigenvalue weighted by Crippen LogP contribution is 2.33. The van der Waals surface area contributed by atoms with Gasteiger partial charge in [0.05, 0.1) is 35.8 Å². The molecule has 0 unspecified atom stereocenters. The van der Waals surface area contributed by atoms with Crippen LogP contribution in [0.5, 0.6) is 0 Å². The van der Waals surface area contributed by atoms with Crippen LogP contribution in [0.1, 0.15) is 28.4 Å². The van der Waals surface area contributed by atoms with Gasteiger partial charge in [-0.2, -0.15) is 0 Å². The fraction of sp³-hybridized carbons (Fsp3) is 0.222. The Balaban J connectivity index is 1.67. The Labute approximate surface area is 138 Å². The van der Waals surface area contributed by atoms with Gasteiger partial charge in [0.25, 0.3) is 5.91 Å². The summed E-state index contributed by atoms with van der Waals surface area (Å²) in [6.07, 6.45) is 4.96. The van der Waals surface area contributed by atoms with Gasteiger partial charge in [0.2, 0.25) is 0 Å². The van der Waals surface area contributed by atoms with Gasteiger partial charge >= 0.3 is 0 Å². The van der Waals surface area contributed by atoms with E-state index in [4.69, 9.17) is 0 Å². The van der Waals surface area contributed by atoms with Gasteiger partial charge in [-0.25, -0.2) is 9.37 Å². The van der Waals surface area contributed by atoms with E-state index in [1.807, 2.05) is 6.07 Å². The molecule has 1 fully saturated rings. The number of halogens is 1. The van der Waals surface area contributed by atoms with E-state index in [0.717, 1.165) is 11.1 Å². The molecule has 4 rings (SSSR count). The van der Waals surface area contributed by atoms with Gasteiger partial charge in [-0.05, 0) is 36.2 Å². The second-order valence-corrected chi connectivity index (χ2v) is 6.06. The molecule has 0 bridgehead atoms. The zero-order chi connectivity index (χ0) is 16.7. The number of hydrogen-bond donors (Lipinski definition) is 1. The van der Waals surface area contributed by atoms with Crippen LogP contribution in [0.3, 0.4) is 0 Å². The third-order valence-electron chi connectivity index (χ3n) is 4.45. The summed E-state index contributed by atoms with van der Waals surface area (Å²) in [5, 5.41) is 10.0. The van der Waals surface area contributed by atoms with E-state index in [1.54, 1.807) is 46.2 Å². The molecule has 0 spiro atoms. The highest BCUT2D eigenvalue weighted by atomic mass is 19.1. The van der Waals surface area contributed by atoms with E-state index in [2.05, 4.69) is 4.98 Å². The normalized spacial score (nSPS) is 20.7. The van der Waals surface area contributed by atoms with Crippen molar-refractivity contribution < 1.29 is 14.3 Å². The van der Waals surface area contributed by atoms with Crippen LogP contribution in [0.4, 0.5) is 4.39 Å². The number of pyridine rings is 1. The average molecular weight is 325 g/mol. The number of β-amino-alcohol motifs (C(OH)–C–C–N with tert-alkyl or cyclic N) is 1. The van der Waals surface area contributed by atoms with Gasteiger partial charge in [-0.15, -0.1) is 0 Å². The molecule has 122 valence electrons. The van der Waals surface area contributed by atoms with Crippen molar-refractivity contribution in [3.05, 3.63) is 72.1 Å². The number of rotatable bonds is 2.